The molecule has 2 aromatic heterocycles. The predicted octanol–water partition coefficient (Wildman–Crippen LogP) is 3.02. The third kappa shape index (κ3) is 3.12. The third-order valence-electron chi connectivity index (χ3n) is 4.54. The molecule has 0 spiro atoms. The Kier molecular flexibility index (Phi) is 4.32. The van der Waals surface area contributed by atoms with Crippen LogP contribution in [0, 0.1) is 11.6 Å². The summed E-state index contributed by atoms with van der Waals surface area (Å²) in [6.07, 6.45) is 1.33. The number of anilines is 2. The molecule has 0 radical (unpaired) electrons. The van der Waals surface area contributed by atoms with Crippen molar-refractivity contribution in [3.05, 3.63) is 30.0 Å². The highest BCUT2D eigenvalue weighted by Crippen LogP contribution is 2.40. The number of alkyl halides is 2. The van der Waals surface area contributed by atoms with Crippen LogP contribution < -0.4 is 20.1 Å². The number of fused-ring (bicyclic) bond motifs is 1. The Labute approximate surface area is 162 Å². The molecular weight excluding hydrogens is 394 g/mol. The van der Waals surface area contributed by atoms with Crippen molar-refractivity contribution in [3.8, 4) is 22.8 Å². The van der Waals surface area contributed by atoms with Crippen LogP contribution in [0.25, 0.3) is 22.2 Å². The van der Waals surface area contributed by atoms with Crippen LogP contribution in [0.15, 0.2) is 18.3 Å². The Bertz CT molecular complexity index is 1090. The Balaban J connectivity index is 1.98. The molecular formula is C18H15F4N5O2. The summed E-state index contributed by atoms with van der Waals surface area (Å²) in [6, 6.07) is 2.41. The molecule has 1 saturated heterocycles. The molecule has 0 bridgehead atoms. The maximum absolute atomic E-state index is 14.9. The summed E-state index contributed by atoms with van der Waals surface area (Å²) in [7, 11) is 2.44. The smallest absolute Gasteiger partial charge is 0.282 e. The molecule has 11 heteroatoms. The van der Waals surface area contributed by atoms with Crippen molar-refractivity contribution in [3.63, 3.8) is 0 Å². The van der Waals surface area contributed by atoms with E-state index in [9.17, 15) is 17.6 Å². The third-order valence-corrected chi connectivity index (χ3v) is 4.54. The van der Waals surface area contributed by atoms with E-state index in [4.69, 9.17) is 15.2 Å². The number of nitrogen functional groups attached to an aromatic ring is 1. The zero-order chi connectivity index (χ0) is 20.9. The van der Waals surface area contributed by atoms with E-state index in [0.717, 1.165) is 6.07 Å². The van der Waals surface area contributed by atoms with Gasteiger partial charge in [-0.2, -0.15) is 0 Å². The van der Waals surface area contributed by atoms with Crippen molar-refractivity contribution in [2.24, 2.45) is 0 Å². The number of benzene rings is 1. The van der Waals surface area contributed by atoms with Crippen molar-refractivity contribution in [1.29, 1.82) is 0 Å². The lowest BCUT2D eigenvalue weighted by Gasteiger charge is -2.39. The van der Waals surface area contributed by atoms with Crippen molar-refractivity contribution in [2.45, 2.75) is 5.92 Å². The van der Waals surface area contributed by atoms with E-state index < -0.39 is 36.2 Å². The number of pyridine rings is 1. The first-order chi connectivity index (χ1) is 13.7. The van der Waals surface area contributed by atoms with Gasteiger partial charge in [0.15, 0.2) is 29.0 Å². The van der Waals surface area contributed by atoms with Gasteiger partial charge in [-0.15, -0.1) is 0 Å². The molecule has 0 atom stereocenters. The Morgan fingerprint density at radius 2 is 1.66 bits per heavy atom. The van der Waals surface area contributed by atoms with E-state index in [0.29, 0.717) is 5.39 Å². The van der Waals surface area contributed by atoms with Crippen molar-refractivity contribution >= 4 is 22.7 Å². The number of aromatic nitrogens is 3. The quantitative estimate of drug-likeness (QED) is 0.663. The fraction of sp³-hybridized carbons (Fsp3) is 0.278. The molecule has 3 heterocycles. The first kappa shape index (κ1) is 19.0. The summed E-state index contributed by atoms with van der Waals surface area (Å²) in [5, 5.41) is 0.329. The number of hydrogen-bond donors (Lipinski definition) is 1. The number of rotatable bonds is 4. The van der Waals surface area contributed by atoms with Crippen LogP contribution in [-0.4, -0.2) is 48.2 Å². The van der Waals surface area contributed by atoms with Crippen LogP contribution in [0.2, 0.25) is 0 Å². The highest BCUT2D eigenvalue weighted by atomic mass is 19.3. The predicted molar refractivity (Wildman–Crippen MR) is 97.4 cm³/mol. The highest BCUT2D eigenvalue weighted by Gasteiger charge is 2.45. The maximum Gasteiger partial charge on any atom is 0.282 e. The number of halogens is 4. The van der Waals surface area contributed by atoms with Crippen LogP contribution in [0.3, 0.4) is 0 Å². The normalized spacial score (nSPS) is 15.3. The van der Waals surface area contributed by atoms with Gasteiger partial charge in [0, 0.05) is 17.6 Å². The summed E-state index contributed by atoms with van der Waals surface area (Å²) in [6.45, 7) is -1.20. The zero-order valence-corrected chi connectivity index (χ0v) is 15.3. The first-order valence-electron chi connectivity index (χ1n) is 8.40. The standard InChI is InChI=1S/C18H15F4N5O2/c1-28-10-4-11(29-2)14(20)12(13(10)19)9-3-8-5-24-17(23)26-15(8)16(25-9)27-6-18(21,22)7-27/h3-5H,6-7H2,1-2H3,(H2,23,24,26). The number of methoxy groups -OCH3 is 2. The average Bonchev–Trinajstić information content (AvgIpc) is 2.66. The first-order valence-corrected chi connectivity index (χ1v) is 8.40. The van der Waals surface area contributed by atoms with Gasteiger partial charge < -0.3 is 20.1 Å². The lowest BCUT2D eigenvalue weighted by Crippen LogP contribution is -2.56. The van der Waals surface area contributed by atoms with Gasteiger partial charge in [0.1, 0.15) is 5.52 Å². The molecule has 0 unspecified atom stereocenters. The van der Waals surface area contributed by atoms with E-state index in [-0.39, 0.29) is 34.5 Å². The van der Waals surface area contributed by atoms with Gasteiger partial charge in [-0.3, -0.25) is 0 Å². The number of nitrogens with two attached hydrogens (primary N) is 1. The Hall–Kier alpha value is -3.37. The summed E-state index contributed by atoms with van der Waals surface area (Å²) >= 11 is 0. The average molecular weight is 409 g/mol. The molecule has 152 valence electrons. The van der Waals surface area contributed by atoms with Crippen LogP contribution >= 0.6 is 0 Å². The Morgan fingerprint density at radius 1 is 1.03 bits per heavy atom. The van der Waals surface area contributed by atoms with Crippen molar-refractivity contribution in [2.75, 3.05) is 37.9 Å². The largest absolute Gasteiger partial charge is 0.494 e. The number of ether oxygens (including phenoxy) is 2. The second-order valence-electron chi connectivity index (χ2n) is 6.49. The topological polar surface area (TPSA) is 86.4 Å². The Morgan fingerprint density at radius 3 is 2.21 bits per heavy atom. The van der Waals surface area contributed by atoms with Crippen molar-refractivity contribution < 1.29 is 27.0 Å². The van der Waals surface area contributed by atoms with Gasteiger partial charge in [0.25, 0.3) is 5.92 Å². The van der Waals surface area contributed by atoms with Gasteiger partial charge in [0.05, 0.1) is 38.6 Å². The van der Waals surface area contributed by atoms with Gasteiger partial charge in [-0.25, -0.2) is 32.5 Å². The minimum absolute atomic E-state index is 0.0260. The summed E-state index contributed by atoms with van der Waals surface area (Å²) in [5.74, 6) is -5.48. The van der Waals surface area contributed by atoms with Gasteiger partial charge in [-0.05, 0) is 6.07 Å². The highest BCUT2D eigenvalue weighted by molar-refractivity contribution is 5.92. The monoisotopic (exact) mass is 409 g/mol. The van der Waals surface area contributed by atoms with E-state index in [2.05, 4.69) is 15.0 Å². The van der Waals surface area contributed by atoms with Crippen LogP contribution in [-0.2, 0) is 0 Å². The molecule has 2 N–H and O–H groups in total. The second kappa shape index (κ2) is 6.61. The molecule has 0 saturated carbocycles. The fourth-order valence-corrected chi connectivity index (χ4v) is 3.16. The van der Waals surface area contributed by atoms with Gasteiger partial charge in [-0.1, -0.05) is 0 Å². The number of nitrogens with zero attached hydrogens (tertiary/aromatic N) is 4. The van der Waals surface area contributed by atoms with Gasteiger partial charge in [0.2, 0.25) is 5.95 Å². The minimum atomic E-state index is -2.89. The van der Waals surface area contributed by atoms with Crippen LogP contribution in [0.1, 0.15) is 0 Å². The maximum atomic E-state index is 14.9. The van der Waals surface area contributed by atoms with Crippen LogP contribution in [0.4, 0.5) is 29.3 Å². The zero-order valence-electron chi connectivity index (χ0n) is 15.3. The molecule has 29 heavy (non-hydrogen) atoms. The van der Waals surface area contributed by atoms with E-state index in [1.807, 2.05) is 0 Å². The van der Waals surface area contributed by atoms with Crippen molar-refractivity contribution in [1.82, 2.24) is 15.0 Å². The van der Waals surface area contributed by atoms with Gasteiger partial charge >= 0.3 is 0 Å². The minimum Gasteiger partial charge on any atom is -0.494 e. The molecule has 1 fully saturated rings. The lowest BCUT2D eigenvalue weighted by atomic mass is 10.1. The number of hydrogen-bond acceptors (Lipinski definition) is 7. The van der Waals surface area contributed by atoms with E-state index >= 15 is 0 Å². The van der Waals surface area contributed by atoms with E-state index in [1.165, 1.54) is 31.4 Å². The molecule has 3 aromatic rings. The fourth-order valence-electron chi connectivity index (χ4n) is 3.16. The molecule has 4 rings (SSSR count). The summed E-state index contributed by atoms with van der Waals surface area (Å²) < 4.78 is 66.5. The second-order valence-corrected chi connectivity index (χ2v) is 6.49. The SMILES string of the molecule is COc1cc(OC)c(F)c(-c2cc3cnc(N)nc3c(N3CC(F)(F)C3)n2)c1F. The molecule has 0 amide bonds. The molecule has 1 aliphatic heterocycles. The molecule has 1 aliphatic rings. The summed E-state index contributed by atoms with van der Waals surface area (Å²) in [4.78, 5) is 13.4. The summed E-state index contributed by atoms with van der Waals surface area (Å²) in [5.41, 5.74) is 5.14. The van der Waals surface area contributed by atoms with E-state index in [1.54, 1.807) is 0 Å². The van der Waals surface area contributed by atoms with Crippen LogP contribution in [0.5, 0.6) is 11.5 Å². The molecule has 1 aromatic carbocycles. The lowest BCUT2D eigenvalue weighted by molar-refractivity contribution is -0.0265. The molecule has 7 nitrogen and oxygen atoms in total. The molecule has 0 aliphatic carbocycles.